The molecule has 1 amide bonds. The van der Waals surface area contributed by atoms with E-state index >= 15 is 0 Å². The SMILES string of the molecule is CCCc1ccc(C(=O)NC[C@H](O)c2ccsc2)cc1. The van der Waals surface area contributed by atoms with Gasteiger partial charge in [0.2, 0.25) is 0 Å². The molecule has 1 aromatic carbocycles. The molecule has 20 heavy (non-hydrogen) atoms. The Morgan fingerprint density at radius 2 is 2.05 bits per heavy atom. The number of hydrogen-bond donors (Lipinski definition) is 2. The summed E-state index contributed by atoms with van der Waals surface area (Å²) in [6, 6.07) is 9.48. The van der Waals surface area contributed by atoms with Crippen molar-refractivity contribution >= 4 is 17.2 Å². The third-order valence-corrected chi connectivity index (χ3v) is 3.84. The van der Waals surface area contributed by atoms with E-state index in [0.29, 0.717) is 5.56 Å². The Balaban J connectivity index is 1.88. The Labute approximate surface area is 123 Å². The lowest BCUT2D eigenvalue weighted by atomic mass is 10.1. The summed E-state index contributed by atoms with van der Waals surface area (Å²) in [6.45, 7) is 2.36. The van der Waals surface area contributed by atoms with Crippen LogP contribution in [0.5, 0.6) is 0 Å². The normalized spacial score (nSPS) is 12.1. The van der Waals surface area contributed by atoms with Gasteiger partial charge >= 0.3 is 0 Å². The zero-order valence-corrected chi connectivity index (χ0v) is 12.3. The fourth-order valence-corrected chi connectivity index (χ4v) is 2.69. The number of rotatable bonds is 6. The van der Waals surface area contributed by atoms with E-state index in [0.717, 1.165) is 18.4 Å². The van der Waals surface area contributed by atoms with Gasteiger partial charge in [0.1, 0.15) is 0 Å². The molecule has 1 atom stereocenters. The van der Waals surface area contributed by atoms with E-state index < -0.39 is 6.10 Å². The summed E-state index contributed by atoms with van der Waals surface area (Å²) in [5.41, 5.74) is 2.71. The molecule has 0 spiro atoms. The van der Waals surface area contributed by atoms with E-state index in [2.05, 4.69) is 12.2 Å². The first kappa shape index (κ1) is 14.8. The van der Waals surface area contributed by atoms with Gasteiger partial charge in [-0.2, -0.15) is 11.3 Å². The topological polar surface area (TPSA) is 49.3 Å². The summed E-state index contributed by atoms with van der Waals surface area (Å²) in [4.78, 5) is 12.0. The van der Waals surface area contributed by atoms with Crippen molar-refractivity contribution in [3.8, 4) is 0 Å². The molecule has 0 saturated heterocycles. The highest BCUT2D eigenvalue weighted by Crippen LogP contribution is 2.15. The van der Waals surface area contributed by atoms with Gasteiger partial charge in [-0.05, 0) is 46.5 Å². The average molecular weight is 289 g/mol. The lowest BCUT2D eigenvalue weighted by Gasteiger charge is -2.10. The number of carbonyl (C=O) groups is 1. The van der Waals surface area contributed by atoms with E-state index in [-0.39, 0.29) is 12.5 Å². The minimum Gasteiger partial charge on any atom is -0.387 e. The molecule has 0 saturated carbocycles. The van der Waals surface area contributed by atoms with Crippen molar-refractivity contribution in [1.82, 2.24) is 5.32 Å². The molecule has 3 nitrogen and oxygen atoms in total. The number of aliphatic hydroxyl groups is 1. The lowest BCUT2D eigenvalue weighted by molar-refractivity contribution is 0.0916. The maximum Gasteiger partial charge on any atom is 0.251 e. The van der Waals surface area contributed by atoms with Crippen molar-refractivity contribution in [3.63, 3.8) is 0 Å². The van der Waals surface area contributed by atoms with Gasteiger partial charge in [0.25, 0.3) is 5.91 Å². The molecule has 2 aromatic rings. The molecular formula is C16H19NO2S. The Kier molecular flexibility index (Phi) is 5.32. The van der Waals surface area contributed by atoms with Gasteiger partial charge in [-0.15, -0.1) is 0 Å². The standard InChI is InChI=1S/C16H19NO2S/c1-2-3-12-4-6-13(7-5-12)16(19)17-10-15(18)14-8-9-20-11-14/h4-9,11,15,18H,2-3,10H2,1H3,(H,17,19)/t15-/m0/s1. The minimum atomic E-state index is -0.649. The smallest absolute Gasteiger partial charge is 0.251 e. The van der Waals surface area contributed by atoms with Crippen molar-refractivity contribution in [2.45, 2.75) is 25.9 Å². The third kappa shape index (κ3) is 3.92. The van der Waals surface area contributed by atoms with E-state index in [1.54, 1.807) is 0 Å². The number of nitrogens with one attached hydrogen (secondary N) is 1. The largest absolute Gasteiger partial charge is 0.387 e. The maximum atomic E-state index is 12.0. The van der Waals surface area contributed by atoms with E-state index in [1.165, 1.54) is 16.9 Å². The van der Waals surface area contributed by atoms with Crippen LogP contribution in [-0.4, -0.2) is 17.6 Å². The molecule has 1 heterocycles. The Bertz CT molecular complexity index is 534. The predicted octanol–water partition coefficient (Wildman–Crippen LogP) is 3.16. The molecule has 2 rings (SSSR count). The number of hydrogen-bond acceptors (Lipinski definition) is 3. The fourth-order valence-electron chi connectivity index (χ4n) is 1.99. The van der Waals surface area contributed by atoms with Crippen LogP contribution in [-0.2, 0) is 6.42 Å². The van der Waals surface area contributed by atoms with Gasteiger partial charge in [0, 0.05) is 12.1 Å². The van der Waals surface area contributed by atoms with E-state index in [1.807, 2.05) is 41.1 Å². The highest BCUT2D eigenvalue weighted by Gasteiger charge is 2.11. The molecular weight excluding hydrogens is 270 g/mol. The fraction of sp³-hybridized carbons (Fsp3) is 0.312. The number of amides is 1. The van der Waals surface area contributed by atoms with Crippen LogP contribution in [0.15, 0.2) is 41.1 Å². The van der Waals surface area contributed by atoms with Gasteiger partial charge in [-0.1, -0.05) is 25.5 Å². The lowest BCUT2D eigenvalue weighted by Crippen LogP contribution is -2.28. The minimum absolute atomic E-state index is 0.151. The molecule has 0 unspecified atom stereocenters. The molecule has 106 valence electrons. The second-order valence-corrected chi connectivity index (χ2v) is 5.51. The van der Waals surface area contributed by atoms with Gasteiger partial charge in [0.05, 0.1) is 6.10 Å². The van der Waals surface area contributed by atoms with Crippen molar-refractivity contribution in [3.05, 3.63) is 57.8 Å². The zero-order chi connectivity index (χ0) is 14.4. The van der Waals surface area contributed by atoms with Crippen LogP contribution in [0, 0.1) is 0 Å². The van der Waals surface area contributed by atoms with Crippen LogP contribution >= 0.6 is 11.3 Å². The molecule has 0 bridgehead atoms. The van der Waals surface area contributed by atoms with Crippen molar-refractivity contribution in [1.29, 1.82) is 0 Å². The first-order chi connectivity index (χ1) is 9.70. The average Bonchev–Trinajstić information content (AvgIpc) is 3.00. The third-order valence-electron chi connectivity index (χ3n) is 3.14. The molecule has 0 fully saturated rings. The number of carbonyl (C=O) groups excluding carboxylic acids is 1. The van der Waals surface area contributed by atoms with Crippen LogP contribution in [0.3, 0.4) is 0 Å². The first-order valence-electron chi connectivity index (χ1n) is 6.78. The number of aryl methyl sites for hydroxylation is 1. The van der Waals surface area contributed by atoms with Crippen LogP contribution in [0.2, 0.25) is 0 Å². The molecule has 1 aromatic heterocycles. The molecule has 0 aliphatic rings. The number of thiophene rings is 1. The number of aliphatic hydroxyl groups excluding tert-OH is 1. The van der Waals surface area contributed by atoms with Crippen molar-refractivity contribution in [2.75, 3.05) is 6.54 Å². The predicted molar refractivity (Wildman–Crippen MR) is 82.0 cm³/mol. The second-order valence-electron chi connectivity index (χ2n) is 4.73. The van der Waals surface area contributed by atoms with Crippen LogP contribution in [0.1, 0.15) is 40.9 Å². The molecule has 0 aliphatic carbocycles. The molecule has 0 aliphatic heterocycles. The van der Waals surface area contributed by atoms with Crippen LogP contribution in [0.25, 0.3) is 0 Å². The van der Waals surface area contributed by atoms with Gasteiger partial charge in [-0.3, -0.25) is 4.79 Å². The monoisotopic (exact) mass is 289 g/mol. The van der Waals surface area contributed by atoms with E-state index in [9.17, 15) is 9.90 Å². The van der Waals surface area contributed by atoms with E-state index in [4.69, 9.17) is 0 Å². The summed E-state index contributed by atoms with van der Waals surface area (Å²) in [7, 11) is 0. The highest BCUT2D eigenvalue weighted by molar-refractivity contribution is 7.07. The summed E-state index contributed by atoms with van der Waals surface area (Å²) >= 11 is 1.53. The maximum absolute atomic E-state index is 12.0. The van der Waals surface area contributed by atoms with Crippen LogP contribution < -0.4 is 5.32 Å². The van der Waals surface area contributed by atoms with Gasteiger partial charge in [0.15, 0.2) is 0 Å². The molecule has 0 radical (unpaired) electrons. The van der Waals surface area contributed by atoms with Gasteiger partial charge in [-0.25, -0.2) is 0 Å². The summed E-state index contributed by atoms with van der Waals surface area (Å²) in [5, 5.41) is 16.5. The van der Waals surface area contributed by atoms with Crippen LogP contribution in [0.4, 0.5) is 0 Å². The van der Waals surface area contributed by atoms with Gasteiger partial charge < -0.3 is 10.4 Å². The Hall–Kier alpha value is -1.65. The quantitative estimate of drug-likeness (QED) is 0.858. The Morgan fingerprint density at radius 3 is 2.65 bits per heavy atom. The second kappa shape index (κ2) is 7.22. The molecule has 2 N–H and O–H groups in total. The summed E-state index contributed by atoms with van der Waals surface area (Å²) < 4.78 is 0. The zero-order valence-electron chi connectivity index (χ0n) is 11.5. The Morgan fingerprint density at radius 1 is 1.30 bits per heavy atom. The number of benzene rings is 1. The highest BCUT2D eigenvalue weighted by atomic mass is 32.1. The van der Waals surface area contributed by atoms with Crippen molar-refractivity contribution < 1.29 is 9.90 Å². The van der Waals surface area contributed by atoms with Crippen molar-refractivity contribution in [2.24, 2.45) is 0 Å². The molecule has 4 heteroatoms. The summed E-state index contributed by atoms with van der Waals surface area (Å²) in [6.07, 6.45) is 1.47. The first-order valence-corrected chi connectivity index (χ1v) is 7.72. The summed E-state index contributed by atoms with van der Waals surface area (Å²) in [5.74, 6) is -0.151.